The van der Waals surface area contributed by atoms with Crippen molar-refractivity contribution in [3.05, 3.63) is 92.5 Å². The van der Waals surface area contributed by atoms with Gasteiger partial charge in [0.25, 0.3) is 21.6 Å². The average Bonchev–Trinajstić information content (AvgIpc) is 3.20. The smallest absolute Gasteiger partial charge is 0.271 e. The first-order valence-electron chi connectivity index (χ1n) is 9.65. The number of amides is 1. The van der Waals surface area contributed by atoms with Crippen LogP contribution in [0.1, 0.15) is 21.5 Å². The molecule has 8 nitrogen and oxygen atoms in total. The Morgan fingerprint density at radius 1 is 1.12 bits per heavy atom. The number of fused-ring (bicyclic) bond motifs is 1. The third kappa shape index (κ3) is 3.92. The number of hydrogen-bond donors (Lipinski definition) is 1. The van der Waals surface area contributed by atoms with Crippen LogP contribution in [0.15, 0.2) is 65.6 Å². The summed E-state index contributed by atoms with van der Waals surface area (Å²) < 4.78 is 28.0. The van der Waals surface area contributed by atoms with E-state index >= 15 is 0 Å². The number of aryl methyl sites for hydroxylation is 1. The van der Waals surface area contributed by atoms with E-state index in [1.165, 1.54) is 40.7 Å². The molecule has 0 saturated carbocycles. The zero-order valence-corrected chi connectivity index (χ0v) is 18.5. The summed E-state index contributed by atoms with van der Waals surface area (Å²) >= 11 is 6.22. The van der Waals surface area contributed by atoms with Crippen molar-refractivity contribution in [1.82, 2.24) is 0 Å². The number of carbonyl (C=O) groups excluding carboxylic acids is 1. The third-order valence-corrected chi connectivity index (χ3v) is 7.58. The van der Waals surface area contributed by atoms with Crippen molar-refractivity contribution in [1.29, 1.82) is 0 Å². The summed E-state index contributed by atoms with van der Waals surface area (Å²) in [5, 5.41) is 13.6. The van der Waals surface area contributed by atoms with Gasteiger partial charge in [-0.2, -0.15) is 0 Å². The lowest BCUT2D eigenvalue weighted by atomic mass is 10.1. The number of halogens is 1. The van der Waals surface area contributed by atoms with Crippen LogP contribution < -0.4 is 9.62 Å². The van der Waals surface area contributed by atoms with E-state index in [9.17, 15) is 23.3 Å². The lowest BCUT2D eigenvalue weighted by Crippen LogP contribution is -2.29. The minimum Gasteiger partial charge on any atom is -0.321 e. The maximum atomic E-state index is 13.4. The summed E-state index contributed by atoms with van der Waals surface area (Å²) in [5.74, 6) is -0.608. The topological polar surface area (TPSA) is 110 Å². The number of nitro groups is 1. The minimum absolute atomic E-state index is 0.00235. The monoisotopic (exact) mass is 471 g/mol. The highest BCUT2D eigenvalue weighted by atomic mass is 35.5. The third-order valence-electron chi connectivity index (χ3n) is 5.29. The zero-order chi connectivity index (χ0) is 23.0. The summed E-state index contributed by atoms with van der Waals surface area (Å²) in [5.41, 5.74) is 2.29. The molecule has 0 radical (unpaired) electrons. The summed E-state index contributed by atoms with van der Waals surface area (Å²) in [4.78, 5) is 23.1. The Bertz CT molecular complexity index is 1360. The van der Waals surface area contributed by atoms with Gasteiger partial charge in [0.05, 0.1) is 21.3 Å². The second kappa shape index (κ2) is 8.25. The van der Waals surface area contributed by atoms with Gasteiger partial charge in [0.2, 0.25) is 0 Å². The molecule has 0 aliphatic carbocycles. The van der Waals surface area contributed by atoms with Gasteiger partial charge in [0.15, 0.2) is 0 Å². The predicted octanol–water partition coefficient (Wildman–Crippen LogP) is 4.56. The fourth-order valence-corrected chi connectivity index (χ4v) is 5.58. The number of non-ortho nitro benzene ring substituents is 1. The Kier molecular flexibility index (Phi) is 5.62. The Balaban J connectivity index is 1.67. The number of anilines is 2. The fourth-order valence-electron chi connectivity index (χ4n) is 3.57. The van der Waals surface area contributed by atoms with Crippen molar-refractivity contribution in [3.8, 4) is 0 Å². The van der Waals surface area contributed by atoms with Crippen molar-refractivity contribution in [2.45, 2.75) is 18.2 Å². The number of nitro benzene ring substituents is 1. The molecule has 1 aliphatic rings. The van der Waals surface area contributed by atoms with Crippen LogP contribution in [0.4, 0.5) is 17.1 Å². The molecule has 0 unspecified atom stereocenters. The van der Waals surface area contributed by atoms with E-state index in [2.05, 4.69) is 5.32 Å². The molecule has 4 rings (SSSR count). The van der Waals surface area contributed by atoms with Crippen LogP contribution in [0.2, 0.25) is 5.02 Å². The molecule has 32 heavy (non-hydrogen) atoms. The number of nitrogens with one attached hydrogen (secondary N) is 1. The van der Waals surface area contributed by atoms with Crippen LogP contribution in [-0.4, -0.2) is 25.8 Å². The predicted molar refractivity (Wildman–Crippen MR) is 122 cm³/mol. The maximum absolute atomic E-state index is 13.4. The lowest BCUT2D eigenvalue weighted by Gasteiger charge is -2.20. The molecular weight excluding hydrogens is 454 g/mol. The van der Waals surface area contributed by atoms with Gasteiger partial charge in [-0.25, -0.2) is 8.42 Å². The number of benzene rings is 3. The van der Waals surface area contributed by atoms with Crippen molar-refractivity contribution in [3.63, 3.8) is 0 Å². The number of nitrogens with zero attached hydrogens (tertiary/aromatic N) is 2. The lowest BCUT2D eigenvalue weighted by molar-refractivity contribution is -0.384. The van der Waals surface area contributed by atoms with Crippen LogP contribution >= 0.6 is 11.6 Å². The van der Waals surface area contributed by atoms with Crippen LogP contribution in [-0.2, 0) is 16.4 Å². The van der Waals surface area contributed by atoms with Crippen molar-refractivity contribution in [2.75, 3.05) is 16.2 Å². The SMILES string of the molecule is Cc1ccc([N+](=O)[O-])cc1NC(=O)c1ccc(Cl)c(S(=O)(=O)N2CCc3ccccc32)c1. The number of sulfonamides is 1. The first-order valence-corrected chi connectivity index (χ1v) is 11.5. The molecular formula is C22H18ClN3O5S. The maximum Gasteiger partial charge on any atom is 0.271 e. The highest BCUT2D eigenvalue weighted by Gasteiger charge is 2.32. The molecule has 1 heterocycles. The summed E-state index contributed by atoms with van der Waals surface area (Å²) in [6.45, 7) is 1.98. The normalized spacial score (nSPS) is 13.0. The van der Waals surface area contributed by atoms with Gasteiger partial charge in [-0.15, -0.1) is 0 Å². The Morgan fingerprint density at radius 2 is 1.88 bits per heavy atom. The Morgan fingerprint density at radius 3 is 2.62 bits per heavy atom. The zero-order valence-electron chi connectivity index (χ0n) is 16.9. The number of hydrogen-bond acceptors (Lipinski definition) is 5. The molecule has 0 spiro atoms. The molecule has 1 amide bonds. The van der Waals surface area contributed by atoms with Crippen LogP contribution in [0, 0.1) is 17.0 Å². The minimum atomic E-state index is -4.01. The van der Waals surface area contributed by atoms with Gasteiger partial charge in [-0.05, 0) is 48.7 Å². The van der Waals surface area contributed by atoms with E-state index in [1.807, 2.05) is 12.1 Å². The summed E-state index contributed by atoms with van der Waals surface area (Å²) in [6.07, 6.45) is 0.583. The van der Waals surface area contributed by atoms with Gasteiger partial charge < -0.3 is 5.32 Å². The average molecular weight is 472 g/mol. The highest BCUT2D eigenvalue weighted by Crippen LogP contribution is 2.35. The van der Waals surface area contributed by atoms with E-state index in [4.69, 9.17) is 11.6 Å². The standard InChI is InChI=1S/C22H18ClN3O5S/c1-14-6-8-17(26(28)29)13-19(14)24-22(27)16-7-9-18(23)21(12-16)32(30,31)25-11-10-15-4-2-3-5-20(15)25/h2-9,12-13H,10-11H2,1H3,(H,24,27). The van der Waals surface area contributed by atoms with E-state index in [1.54, 1.807) is 19.1 Å². The molecule has 0 fully saturated rings. The van der Waals surface area contributed by atoms with Gasteiger partial charge in [0, 0.05) is 24.2 Å². The Hall–Kier alpha value is -3.43. The quantitative estimate of drug-likeness (QED) is 0.433. The number of para-hydroxylation sites is 1. The van der Waals surface area contributed by atoms with Crippen molar-refractivity contribution >= 4 is 44.6 Å². The second-order valence-corrected chi connectivity index (χ2v) is 9.55. The van der Waals surface area contributed by atoms with Crippen LogP contribution in [0.3, 0.4) is 0 Å². The van der Waals surface area contributed by atoms with Gasteiger partial charge in [-0.3, -0.25) is 19.2 Å². The molecule has 0 atom stereocenters. The molecule has 0 aromatic heterocycles. The molecule has 1 aliphatic heterocycles. The van der Waals surface area contributed by atoms with E-state index < -0.39 is 20.9 Å². The largest absolute Gasteiger partial charge is 0.321 e. The van der Waals surface area contributed by atoms with E-state index in [-0.39, 0.29) is 33.4 Å². The van der Waals surface area contributed by atoms with Gasteiger partial charge >= 0.3 is 0 Å². The Labute approximate surface area is 189 Å². The van der Waals surface area contributed by atoms with Crippen molar-refractivity contribution < 1.29 is 18.1 Å². The summed E-state index contributed by atoms with van der Waals surface area (Å²) in [6, 6.07) is 15.3. The molecule has 1 N–H and O–H groups in total. The van der Waals surface area contributed by atoms with Gasteiger partial charge in [-0.1, -0.05) is 35.9 Å². The highest BCUT2D eigenvalue weighted by molar-refractivity contribution is 7.93. The molecule has 0 saturated heterocycles. The number of rotatable bonds is 5. The first-order chi connectivity index (χ1) is 15.2. The molecule has 3 aromatic carbocycles. The second-order valence-electron chi connectivity index (χ2n) is 7.31. The molecule has 164 valence electrons. The van der Waals surface area contributed by atoms with Crippen molar-refractivity contribution in [2.24, 2.45) is 0 Å². The van der Waals surface area contributed by atoms with E-state index in [0.29, 0.717) is 17.7 Å². The van der Waals surface area contributed by atoms with E-state index in [0.717, 1.165) is 5.56 Å². The van der Waals surface area contributed by atoms with Crippen LogP contribution in [0.5, 0.6) is 0 Å². The molecule has 0 bridgehead atoms. The van der Waals surface area contributed by atoms with Crippen LogP contribution in [0.25, 0.3) is 0 Å². The van der Waals surface area contributed by atoms with Gasteiger partial charge in [0.1, 0.15) is 4.90 Å². The number of carbonyl (C=O) groups is 1. The fraction of sp³-hybridized carbons (Fsp3) is 0.136. The molecule has 3 aromatic rings. The summed E-state index contributed by atoms with van der Waals surface area (Å²) in [7, 11) is -4.01. The first kappa shape index (κ1) is 21.8. The molecule has 10 heteroatoms.